The van der Waals surface area contributed by atoms with Crippen LogP contribution in [-0.4, -0.2) is 24.6 Å². The zero-order chi connectivity index (χ0) is 15.2. The van der Waals surface area contributed by atoms with Gasteiger partial charge in [0.1, 0.15) is 5.75 Å². The number of nitrogens with zero attached hydrogens (tertiary/aromatic N) is 1. The summed E-state index contributed by atoms with van der Waals surface area (Å²) in [6.07, 6.45) is 2.97. The largest absolute Gasteiger partial charge is 0.433 e. The van der Waals surface area contributed by atoms with E-state index >= 15 is 0 Å². The molecule has 0 aliphatic heterocycles. The minimum atomic E-state index is -2.96. The summed E-state index contributed by atoms with van der Waals surface area (Å²) in [5.74, 6) is -0.548. The number of rotatable bonds is 5. The van der Waals surface area contributed by atoms with E-state index in [4.69, 9.17) is 0 Å². The van der Waals surface area contributed by atoms with Crippen LogP contribution in [0.1, 0.15) is 10.4 Å². The Kier molecular flexibility index (Phi) is 4.65. The van der Waals surface area contributed by atoms with Crippen LogP contribution in [0, 0.1) is 0 Å². The molecule has 0 bridgehead atoms. The van der Waals surface area contributed by atoms with Crippen LogP contribution in [0.2, 0.25) is 0 Å². The van der Waals surface area contributed by atoms with Crippen molar-refractivity contribution in [3.05, 3.63) is 48.3 Å². The second kappa shape index (κ2) is 6.65. The van der Waals surface area contributed by atoms with Crippen LogP contribution in [-0.2, 0) is 0 Å². The van der Waals surface area contributed by atoms with Crippen LogP contribution in [0.4, 0.5) is 20.2 Å². The maximum absolute atomic E-state index is 12.3. The number of carbonyl (C=O) groups excluding carboxylic acids is 1. The van der Waals surface area contributed by atoms with Crippen LogP contribution in [0.5, 0.6) is 5.75 Å². The van der Waals surface area contributed by atoms with Gasteiger partial charge in [0.25, 0.3) is 5.91 Å². The van der Waals surface area contributed by atoms with Crippen molar-refractivity contribution in [1.29, 1.82) is 0 Å². The Morgan fingerprint density at radius 2 is 2.00 bits per heavy atom. The third kappa shape index (κ3) is 3.65. The highest BCUT2D eigenvalue weighted by molar-refractivity contribution is 6.08. The average Bonchev–Trinajstić information content (AvgIpc) is 2.48. The van der Waals surface area contributed by atoms with Gasteiger partial charge >= 0.3 is 6.61 Å². The van der Waals surface area contributed by atoms with Gasteiger partial charge in [-0.3, -0.25) is 9.78 Å². The molecule has 0 fully saturated rings. The summed E-state index contributed by atoms with van der Waals surface area (Å²) in [5, 5.41) is 5.38. The molecule has 1 aromatic carbocycles. The Balaban J connectivity index is 2.24. The van der Waals surface area contributed by atoms with Crippen LogP contribution in [0.3, 0.4) is 0 Å². The molecule has 0 unspecified atom stereocenters. The number of benzene rings is 1. The lowest BCUT2D eigenvalue weighted by Gasteiger charge is -2.13. The smallest absolute Gasteiger partial charge is 0.387 e. The number of hydrogen-bond acceptors (Lipinski definition) is 4. The molecule has 0 atom stereocenters. The van der Waals surface area contributed by atoms with Crippen LogP contribution in [0.25, 0.3) is 0 Å². The molecule has 21 heavy (non-hydrogen) atoms. The Morgan fingerprint density at radius 3 is 2.71 bits per heavy atom. The van der Waals surface area contributed by atoms with E-state index in [2.05, 4.69) is 20.4 Å². The second-order valence-corrected chi connectivity index (χ2v) is 4.00. The molecule has 0 aliphatic rings. The number of amides is 1. The quantitative estimate of drug-likeness (QED) is 0.889. The molecule has 2 rings (SSSR count). The standard InChI is InChI=1S/C14H13F2N3O2/c1-17-11-8-18-7-6-9(11)13(20)19-10-4-2-3-5-12(10)21-14(15)16/h2-8,14,17H,1H3,(H,19,20). The van der Waals surface area contributed by atoms with Crippen molar-refractivity contribution >= 4 is 17.3 Å². The topological polar surface area (TPSA) is 63.2 Å². The van der Waals surface area contributed by atoms with Gasteiger partial charge in [-0.2, -0.15) is 8.78 Å². The molecule has 1 aromatic heterocycles. The van der Waals surface area contributed by atoms with Crippen molar-refractivity contribution in [2.45, 2.75) is 6.61 Å². The number of carbonyl (C=O) groups is 1. The van der Waals surface area contributed by atoms with E-state index in [1.54, 1.807) is 19.2 Å². The number of halogens is 2. The summed E-state index contributed by atoms with van der Waals surface area (Å²) in [6, 6.07) is 7.51. The van der Waals surface area contributed by atoms with E-state index in [0.717, 1.165) is 0 Å². The van der Waals surface area contributed by atoms with Crippen LogP contribution < -0.4 is 15.4 Å². The predicted molar refractivity (Wildman–Crippen MR) is 74.8 cm³/mol. The summed E-state index contributed by atoms with van der Waals surface area (Å²) >= 11 is 0. The van der Waals surface area contributed by atoms with E-state index in [1.165, 1.54) is 30.6 Å². The van der Waals surface area contributed by atoms with Gasteiger partial charge in [0.2, 0.25) is 0 Å². The Morgan fingerprint density at radius 1 is 1.24 bits per heavy atom. The molecule has 0 spiro atoms. The van der Waals surface area contributed by atoms with Gasteiger partial charge in [0, 0.05) is 13.2 Å². The SMILES string of the molecule is CNc1cnccc1C(=O)Nc1ccccc1OC(F)F. The lowest BCUT2D eigenvalue weighted by Crippen LogP contribution is -2.15. The molecule has 1 heterocycles. The Bertz CT molecular complexity index is 635. The highest BCUT2D eigenvalue weighted by Crippen LogP contribution is 2.26. The lowest BCUT2D eigenvalue weighted by atomic mass is 10.2. The fraction of sp³-hybridized carbons (Fsp3) is 0.143. The van der Waals surface area contributed by atoms with Crippen molar-refractivity contribution in [2.75, 3.05) is 17.7 Å². The fourth-order valence-electron chi connectivity index (χ4n) is 1.75. The zero-order valence-electron chi connectivity index (χ0n) is 11.1. The first-order chi connectivity index (χ1) is 10.1. The Hall–Kier alpha value is -2.70. The van der Waals surface area contributed by atoms with Gasteiger partial charge in [-0.15, -0.1) is 0 Å². The molecule has 2 aromatic rings. The minimum absolute atomic E-state index is 0.0964. The van der Waals surface area contributed by atoms with E-state index in [0.29, 0.717) is 11.3 Å². The first-order valence-corrected chi connectivity index (χ1v) is 6.08. The molecule has 0 radical (unpaired) electrons. The summed E-state index contributed by atoms with van der Waals surface area (Å²) in [6.45, 7) is -2.96. The lowest BCUT2D eigenvalue weighted by molar-refractivity contribution is -0.0493. The van der Waals surface area contributed by atoms with E-state index < -0.39 is 12.5 Å². The molecule has 110 valence electrons. The van der Waals surface area contributed by atoms with Gasteiger partial charge < -0.3 is 15.4 Å². The van der Waals surface area contributed by atoms with E-state index in [9.17, 15) is 13.6 Å². The van der Waals surface area contributed by atoms with Crippen LogP contribution in [0.15, 0.2) is 42.7 Å². The summed E-state index contributed by atoms with van der Waals surface area (Å²) in [7, 11) is 1.65. The van der Waals surface area contributed by atoms with Crippen molar-refractivity contribution < 1.29 is 18.3 Å². The number of anilines is 2. The molecule has 0 aliphatic carbocycles. The fourth-order valence-corrected chi connectivity index (χ4v) is 1.75. The number of nitrogens with one attached hydrogen (secondary N) is 2. The molecule has 0 saturated heterocycles. The highest BCUT2D eigenvalue weighted by atomic mass is 19.3. The van der Waals surface area contributed by atoms with Crippen LogP contribution >= 0.6 is 0 Å². The molecule has 7 heteroatoms. The maximum Gasteiger partial charge on any atom is 0.387 e. The van der Waals surface area contributed by atoms with E-state index in [1.807, 2.05) is 0 Å². The van der Waals surface area contributed by atoms with Crippen molar-refractivity contribution in [2.24, 2.45) is 0 Å². The van der Waals surface area contributed by atoms with Gasteiger partial charge in [-0.05, 0) is 18.2 Å². The molecule has 5 nitrogen and oxygen atoms in total. The van der Waals surface area contributed by atoms with E-state index in [-0.39, 0.29) is 11.4 Å². The van der Waals surface area contributed by atoms with Crippen molar-refractivity contribution in [1.82, 2.24) is 4.98 Å². The average molecular weight is 293 g/mol. The maximum atomic E-state index is 12.3. The van der Waals surface area contributed by atoms with Gasteiger partial charge in [-0.25, -0.2) is 0 Å². The summed E-state index contributed by atoms with van der Waals surface area (Å²) in [5.41, 5.74) is 1.04. The third-order valence-electron chi connectivity index (χ3n) is 2.69. The first kappa shape index (κ1) is 14.7. The normalized spacial score (nSPS) is 10.3. The number of alkyl halides is 2. The van der Waals surface area contributed by atoms with Crippen molar-refractivity contribution in [3.63, 3.8) is 0 Å². The second-order valence-electron chi connectivity index (χ2n) is 4.00. The third-order valence-corrected chi connectivity index (χ3v) is 2.69. The van der Waals surface area contributed by atoms with Crippen molar-refractivity contribution in [3.8, 4) is 5.75 Å². The number of para-hydroxylation sites is 2. The monoisotopic (exact) mass is 293 g/mol. The Labute approximate surface area is 120 Å². The number of ether oxygens (including phenoxy) is 1. The first-order valence-electron chi connectivity index (χ1n) is 6.08. The number of pyridine rings is 1. The molecular formula is C14H13F2N3O2. The summed E-state index contributed by atoms with van der Waals surface area (Å²) < 4.78 is 29.0. The predicted octanol–water partition coefficient (Wildman–Crippen LogP) is 2.98. The van der Waals surface area contributed by atoms with Gasteiger partial charge in [-0.1, -0.05) is 12.1 Å². The number of aromatic nitrogens is 1. The molecule has 2 N–H and O–H groups in total. The highest BCUT2D eigenvalue weighted by Gasteiger charge is 2.14. The summed E-state index contributed by atoms with van der Waals surface area (Å²) in [4.78, 5) is 16.1. The molecular weight excluding hydrogens is 280 g/mol. The van der Waals surface area contributed by atoms with Gasteiger partial charge in [0.05, 0.1) is 23.1 Å². The zero-order valence-corrected chi connectivity index (χ0v) is 11.1. The molecule has 1 amide bonds. The minimum Gasteiger partial charge on any atom is -0.433 e. The molecule has 0 saturated carbocycles. The van der Waals surface area contributed by atoms with Gasteiger partial charge in [0.15, 0.2) is 0 Å². The number of hydrogen-bond donors (Lipinski definition) is 2.